The third kappa shape index (κ3) is 2.64. The molecule has 0 saturated heterocycles. The van der Waals surface area contributed by atoms with Crippen LogP contribution in [0.1, 0.15) is 26.5 Å². The standard InChI is InChI=1S/C14H18N2O2/c1-9-12(15)13(18-16-9)10-5-7-11(8-6-10)17-14(2,3)4/h5-8H,15H2,1-4H3. The lowest BCUT2D eigenvalue weighted by Gasteiger charge is -2.21. The van der Waals surface area contributed by atoms with E-state index in [1.54, 1.807) is 0 Å². The Hall–Kier alpha value is -1.97. The fourth-order valence-electron chi connectivity index (χ4n) is 1.61. The van der Waals surface area contributed by atoms with Gasteiger partial charge >= 0.3 is 0 Å². The highest BCUT2D eigenvalue weighted by Gasteiger charge is 2.14. The summed E-state index contributed by atoms with van der Waals surface area (Å²) in [6, 6.07) is 7.63. The van der Waals surface area contributed by atoms with Crippen molar-refractivity contribution in [2.45, 2.75) is 33.3 Å². The summed E-state index contributed by atoms with van der Waals surface area (Å²) in [5, 5.41) is 3.84. The van der Waals surface area contributed by atoms with Crippen LogP contribution in [-0.2, 0) is 0 Å². The number of rotatable bonds is 2. The van der Waals surface area contributed by atoms with Gasteiger partial charge in [0.05, 0.1) is 0 Å². The summed E-state index contributed by atoms with van der Waals surface area (Å²) in [4.78, 5) is 0. The van der Waals surface area contributed by atoms with Crippen molar-refractivity contribution in [3.05, 3.63) is 30.0 Å². The number of nitrogens with zero attached hydrogens (tertiary/aromatic N) is 1. The molecule has 0 bridgehead atoms. The van der Waals surface area contributed by atoms with Crippen molar-refractivity contribution >= 4 is 5.69 Å². The topological polar surface area (TPSA) is 61.3 Å². The number of nitrogens with two attached hydrogens (primary N) is 1. The Kier molecular flexibility index (Phi) is 3.03. The molecule has 1 aromatic heterocycles. The van der Waals surface area contributed by atoms with Gasteiger partial charge in [0.2, 0.25) is 0 Å². The van der Waals surface area contributed by atoms with Crippen LogP contribution in [0.4, 0.5) is 5.69 Å². The highest BCUT2D eigenvalue weighted by atomic mass is 16.5. The summed E-state index contributed by atoms with van der Waals surface area (Å²) in [6.07, 6.45) is 0. The van der Waals surface area contributed by atoms with Crippen LogP contribution in [0.25, 0.3) is 11.3 Å². The number of nitrogen functional groups attached to an aromatic ring is 1. The van der Waals surface area contributed by atoms with Gasteiger partial charge in [0.15, 0.2) is 5.76 Å². The van der Waals surface area contributed by atoms with E-state index in [0.717, 1.165) is 11.3 Å². The summed E-state index contributed by atoms with van der Waals surface area (Å²) >= 11 is 0. The molecule has 1 aromatic carbocycles. The number of benzene rings is 1. The number of hydrogen-bond acceptors (Lipinski definition) is 4. The lowest BCUT2D eigenvalue weighted by molar-refractivity contribution is 0.131. The van der Waals surface area contributed by atoms with Crippen LogP contribution in [0.15, 0.2) is 28.8 Å². The zero-order chi connectivity index (χ0) is 13.3. The van der Waals surface area contributed by atoms with Gasteiger partial charge in [-0.1, -0.05) is 5.16 Å². The Bertz CT molecular complexity index is 536. The average molecular weight is 246 g/mol. The monoisotopic (exact) mass is 246 g/mol. The van der Waals surface area contributed by atoms with E-state index in [9.17, 15) is 0 Å². The summed E-state index contributed by atoms with van der Waals surface area (Å²) in [5.41, 5.74) is 7.87. The predicted octanol–water partition coefficient (Wildman–Crippen LogP) is 3.41. The lowest BCUT2D eigenvalue weighted by Crippen LogP contribution is -2.22. The second kappa shape index (κ2) is 4.37. The van der Waals surface area contributed by atoms with Crippen molar-refractivity contribution in [1.29, 1.82) is 0 Å². The summed E-state index contributed by atoms with van der Waals surface area (Å²) in [5.74, 6) is 1.43. The summed E-state index contributed by atoms with van der Waals surface area (Å²) in [7, 11) is 0. The molecule has 0 amide bonds. The van der Waals surface area contributed by atoms with Gasteiger partial charge in [0.1, 0.15) is 22.7 Å². The van der Waals surface area contributed by atoms with Crippen molar-refractivity contribution < 1.29 is 9.26 Å². The minimum absolute atomic E-state index is 0.205. The quantitative estimate of drug-likeness (QED) is 0.882. The van der Waals surface area contributed by atoms with Crippen molar-refractivity contribution in [2.75, 3.05) is 5.73 Å². The van der Waals surface area contributed by atoms with E-state index in [0.29, 0.717) is 17.1 Å². The van der Waals surface area contributed by atoms with Crippen LogP contribution >= 0.6 is 0 Å². The fraction of sp³-hybridized carbons (Fsp3) is 0.357. The van der Waals surface area contributed by atoms with Crippen LogP contribution in [0.2, 0.25) is 0 Å². The van der Waals surface area contributed by atoms with Crippen LogP contribution < -0.4 is 10.5 Å². The Morgan fingerprint density at radius 3 is 2.22 bits per heavy atom. The number of ether oxygens (including phenoxy) is 1. The highest BCUT2D eigenvalue weighted by Crippen LogP contribution is 2.30. The normalized spacial score (nSPS) is 11.6. The minimum Gasteiger partial charge on any atom is -0.488 e. The molecule has 0 saturated carbocycles. The molecular weight excluding hydrogens is 228 g/mol. The van der Waals surface area contributed by atoms with Crippen molar-refractivity contribution in [3.63, 3.8) is 0 Å². The second-order valence-corrected chi connectivity index (χ2v) is 5.25. The summed E-state index contributed by atoms with van der Waals surface area (Å²) in [6.45, 7) is 7.86. The number of anilines is 1. The minimum atomic E-state index is -0.205. The van der Waals surface area contributed by atoms with Gasteiger partial charge < -0.3 is 15.0 Å². The van der Waals surface area contributed by atoms with Crippen LogP contribution in [0.3, 0.4) is 0 Å². The van der Waals surface area contributed by atoms with Gasteiger partial charge in [-0.25, -0.2) is 0 Å². The smallest absolute Gasteiger partial charge is 0.189 e. The van der Waals surface area contributed by atoms with E-state index in [1.165, 1.54) is 0 Å². The zero-order valence-electron chi connectivity index (χ0n) is 11.2. The number of aromatic nitrogens is 1. The molecule has 0 fully saturated rings. The van der Waals surface area contributed by atoms with E-state index < -0.39 is 0 Å². The maximum Gasteiger partial charge on any atom is 0.189 e. The van der Waals surface area contributed by atoms with Gasteiger partial charge in [-0.3, -0.25) is 0 Å². The van der Waals surface area contributed by atoms with E-state index >= 15 is 0 Å². The first-order valence-electron chi connectivity index (χ1n) is 5.88. The van der Waals surface area contributed by atoms with Crippen LogP contribution in [-0.4, -0.2) is 10.8 Å². The first-order valence-corrected chi connectivity index (χ1v) is 5.88. The average Bonchev–Trinajstić information content (AvgIpc) is 2.59. The Labute approximate surface area is 107 Å². The molecule has 0 aliphatic rings. The molecular formula is C14H18N2O2. The number of aryl methyl sites for hydroxylation is 1. The molecule has 2 aromatic rings. The molecule has 96 valence electrons. The molecule has 18 heavy (non-hydrogen) atoms. The van der Waals surface area contributed by atoms with E-state index in [2.05, 4.69) is 5.16 Å². The summed E-state index contributed by atoms with van der Waals surface area (Å²) < 4.78 is 11.0. The van der Waals surface area contributed by atoms with Gasteiger partial charge in [0.25, 0.3) is 0 Å². The van der Waals surface area contributed by atoms with Crippen LogP contribution in [0, 0.1) is 6.92 Å². The first-order chi connectivity index (χ1) is 8.37. The molecule has 4 nitrogen and oxygen atoms in total. The molecule has 0 radical (unpaired) electrons. The van der Waals surface area contributed by atoms with Gasteiger partial charge in [-0.05, 0) is 52.0 Å². The molecule has 0 unspecified atom stereocenters. The maximum atomic E-state index is 5.89. The third-order valence-corrected chi connectivity index (χ3v) is 2.45. The third-order valence-electron chi connectivity index (χ3n) is 2.45. The maximum absolute atomic E-state index is 5.89. The van der Waals surface area contributed by atoms with Gasteiger partial charge in [-0.2, -0.15) is 0 Å². The fourth-order valence-corrected chi connectivity index (χ4v) is 1.61. The molecule has 0 aliphatic heterocycles. The molecule has 2 rings (SSSR count). The van der Waals surface area contributed by atoms with Crippen molar-refractivity contribution in [3.8, 4) is 17.1 Å². The van der Waals surface area contributed by atoms with Gasteiger partial charge in [-0.15, -0.1) is 0 Å². The highest BCUT2D eigenvalue weighted by molar-refractivity contribution is 5.72. The first kappa shape index (κ1) is 12.5. The molecule has 4 heteroatoms. The number of hydrogen-bond donors (Lipinski definition) is 1. The second-order valence-electron chi connectivity index (χ2n) is 5.25. The van der Waals surface area contributed by atoms with Crippen molar-refractivity contribution in [2.24, 2.45) is 0 Å². The van der Waals surface area contributed by atoms with Crippen molar-refractivity contribution in [1.82, 2.24) is 5.16 Å². The van der Waals surface area contributed by atoms with Gasteiger partial charge in [0, 0.05) is 5.56 Å². The Balaban J connectivity index is 2.25. The Morgan fingerprint density at radius 2 is 1.78 bits per heavy atom. The van der Waals surface area contributed by atoms with E-state index in [4.69, 9.17) is 15.0 Å². The molecule has 2 N–H and O–H groups in total. The van der Waals surface area contributed by atoms with E-state index in [-0.39, 0.29) is 5.60 Å². The SMILES string of the molecule is Cc1noc(-c2ccc(OC(C)(C)C)cc2)c1N. The molecule has 1 heterocycles. The zero-order valence-corrected chi connectivity index (χ0v) is 11.2. The predicted molar refractivity (Wildman–Crippen MR) is 71.5 cm³/mol. The van der Waals surface area contributed by atoms with Crippen LogP contribution in [0.5, 0.6) is 5.75 Å². The lowest BCUT2D eigenvalue weighted by atomic mass is 10.1. The molecule has 0 atom stereocenters. The Morgan fingerprint density at radius 1 is 1.17 bits per heavy atom. The molecule has 0 spiro atoms. The van der Waals surface area contributed by atoms with E-state index in [1.807, 2.05) is 52.0 Å². The largest absolute Gasteiger partial charge is 0.488 e. The molecule has 0 aliphatic carbocycles.